The van der Waals surface area contributed by atoms with Crippen LogP contribution in [0.4, 0.5) is 18.9 Å². The summed E-state index contributed by atoms with van der Waals surface area (Å²) in [6.45, 7) is 2.67. The number of rotatable bonds is 7. The predicted octanol–water partition coefficient (Wildman–Crippen LogP) is 4.75. The Morgan fingerprint density at radius 2 is 1.81 bits per heavy atom. The number of hydrogen-bond donors (Lipinski definition) is 1. The second-order valence-electron chi connectivity index (χ2n) is 6.94. The normalized spacial score (nSPS) is 11.3. The van der Waals surface area contributed by atoms with Crippen molar-refractivity contribution in [2.45, 2.75) is 26.6 Å². The van der Waals surface area contributed by atoms with Crippen molar-refractivity contribution in [3.05, 3.63) is 71.0 Å². The molecule has 0 aliphatic carbocycles. The molecule has 0 atom stereocenters. The summed E-state index contributed by atoms with van der Waals surface area (Å²) in [5.74, 6) is 0.233. The second-order valence-corrected chi connectivity index (χ2v) is 6.94. The van der Waals surface area contributed by atoms with Gasteiger partial charge in [0.05, 0.1) is 30.7 Å². The zero-order valence-corrected chi connectivity index (χ0v) is 17.3. The first-order valence-electron chi connectivity index (χ1n) is 9.44. The zero-order valence-electron chi connectivity index (χ0n) is 17.3. The number of carbonyl (C=O) groups is 1. The molecular formula is C22H22F3N3O3. The number of carbonyl (C=O) groups excluding carboxylic acids is 1. The Labute approximate surface area is 177 Å². The van der Waals surface area contributed by atoms with Gasteiger partial charge < -0.3 is 14.8 Å². The molecule has 0 saturated heterocycles. The Kier molecular flexibility index (Phi) is 6.53. The van der Waals surface area contributed by atoms with Gasteiger partial charge in [-0.2, -0.15) is 18.3 Å². The molecule has 0 fully saturated rings. The highest BCUT2D eigenvalue weighted by molar-refractivity contribution is 6.05. The highest BCUT2D eigenvalue weighted by atomic mass is 19.4. The summed E-state index contributed by atoms with van der Waals surface area (Å²) in [6.07, 6.45) is -4.45. The van der Waals surface area contributed by atoms with E-state index in [4.69, 9.17) is 9.47 Å². The summed E-state index contributed by atoms with van der Waals surface area (Å²) in [5, 5.41) is 7.29. The number of alkyl halides is 3. The summed E-state index contributed by atoms with van der Waals surface area (Å²) >= 11 is 0. The number of ether oxygens (including phenoxy) is 2. The Bertz CT molecular complexity index is 1080. The fourth-order valence-corrected chi connectivity index (χ4v) is 3.05. The van der Waals surface area contributed by atoms with E-state index in [0.29, 0.717) is 17.9 Å². The van der Waals surface area contributed by atoms with Gasteiger partial charge in [0.1, 0.15) is 11.5 Å². The van der Waals surface area contributed by atoms with E-state index >= 15 is 0 Å². The minimum Gasteiger partial charge on any atom is -0.497 e. The van der Waals surface area contributed by atoms with Crippen molar-refractivity contribution >= 4 is 11.6 Å². The van der Waals surface area contributed by atoms with Crippen LogP contribution in [-0.2, 0) is 6.54 Å². The van der Waals surface area contributed by atoms with Crippen LogP contribution in [0.15, 0.2) is 48.5 Å². The van der Waals surface area contributed by atoms with Crippen molar-refractivity contribution in [3.63, 3.8) is 0 Å². The van der Waals surface area contributed by atoms with Crippen molar-refractivity contribution in [2.75, 3.05) is 19.0 Å². The molecule has 0 radical (unpaired) electrons. The largest absolute Gasteiger partial charge is 0.497 e. The zero-order chi connectivity index (χ0) is 22.6. The van der Waals surface area contributed by atoms with Crippen LogP contribution in [0.1, 0.15) is 27.3 Å². The number of halogens is 3. The van der Waals surface area contributed by atoms with Gasteiger partial charge in [0.25, 0.3) is 5.91 Å². The fourth-order valence-electron chi connectivity index (χ4n) is 3.05. The Morgan fingerprint density at radius 3 is 2.52 bits per heavy atom. The molecule has 9 heteroatoms. The van der Waals surface area contributed by atoms with Gasteiger partial charge in [-0.3, -0.25) is 9.48 Å². The lowest BCUT2D eigenvalue weighted by molar-refractivity contribution is -0.153. The molecule has 0 spiro atoms. The lowest BCUT2D eigenvalue weighted by Gasteiger charge is -2.11. The average Bonchev–Trinajstić information content (AvgIpc) is 2.99. The smallest absolute Gasteiger partial charge is 0.422 e. The number of nitrogens with zero attached hydrogens (tertiary/aromatic N) is 2. The van der Waals surface area contributed by atoms with Crippen LogP contribution in [0.3, 0.4) is 0 Å². The monoisotopic (exact) mass is 433 g/mol. The number of anilines is 1. The SMILES string of the molecule is COc1cccc(Cn2nc(C)c(NC(=O)c3cccc(OCC(F)(F)F)c3)c2C)c1. The molecule has 1 aromatic heterocycles. The second kappa shape index (κ2) is 9.11. The number of nitrogens with one attached hydrogen (secondary N) is 1. The van der Waals surface area contributed by atoms with Gasteiger partial charge in [-0.15, -0.1) is 0 Å². The number of methoxy groups -OCH3 is 1. The molecule has 0 bridgehead atoms. The highest BCUT2D eigenvalue weighted by Gasteiger charge is 2.28. The van der Waals surface area contributed by atoms with E-state index in [1.54, 1.807) is 18.7 Å². The number of aromatic nitrogens is 2. The molecule has 6 nitrogen and oxygen atoms in total. The summed E-state index contributed by atoms with van der Waals surface area (Å²) in [6, 6.07) is 13.2. The number of aryl methyl sites for hydroxylation is 1. The first kappa shape index (κ1) is 22.2. The van der Waals surface area contributed by atoms with Gasteiger partial charge in [0.15, 0.2) is 6.61 Å². The first-order valence-corrected chi connectivity index (χ1v) is 9.44. The molecule has 0 unspecified atom stereocenters. The molecule has 3 rings (SSSR count). The maximum absolute atomic E-state index is 12.7. The molecule has 31 heavy (non-hydrogen) atoms. The number of hydrogen-bond acceptors (Lipinski definition) is 4. The van der Waals surface area contributed by atoms with Crippen molar-refractivity contribution in [1.29, 1.82) is 0 Å². The van der Waals surface area contributed by atoms with Crippen LogP contribution in [0.2, 0.25) is 0 Å². The van der Waals surface area contributed by atoms with Crippen molar-refractivity contribution < 1.29 is 27.4 Å². The summed E-state index contributed by atoms with van der Waals surface area (Å²) in [4.78, 5) is 12.7. The Hall–Kier alpha value is -3.49. The lowest BCUT2D eigenvalue weighted by atomic mass is 10.2. The molecule has 0 aliphatic heterocycles. The molecule has 1 heterocycles. The summed E-state index contributed by atoms with van der Waals surface area (Å²) < 4.78 is 48.8. The van der Waals surface area contributed by atoms with Gasteiger partial charge in [-0.25, -0.2) is 0 Å². The van der Waals surface area contributed by atoms with E-state index in [-0.39, 0.29) is 11.3 Å². The molecule has 3 aromatic rings. The molecule has 164 valence electrons. The minimum atomic E-state index is -4.45. The lowest BCUT2D eigenvalue weighted by Crippen LogP contribution is -2.19. The molecule has 2 aromatic carbocycles. The van der Waals surface area contributed by atoms with Gasteiger partial charge >= 0.3 is 6.18 Å². The van der Waals surface area contributed by atoms with Crippen LogP contribution in [0.5, 0.6) is 11.5 Å². The number of amides is 1. The van der Waals surface area contributed by atoms with Crippen molar-refractivity contribution in [3.8, 4) is 11.5 Å². The standard InChI is InChI=1S/C22H22F3N3O3/c1-14-20(15(2)28(27-14)12-16-6-4-8-18(10-16)30-3)26-21(29)17-7-5-9-19(11-17)31-13-22(23,24)25/h4-11H,12-13H2,1-3H3,(H,26,29). The quantitative estimate of drug-likeness (QED) is 0.584. The van der Waals surface area contributed by atoms with E-state index in [9.17, 15) is 18.0 Å². The molecular weight excluding hydrogens is 411 g/mol. The highest BCUT2D eigenvalue weighted by Crippen LogP contribution is 2.24. The fraction of sp³-hybridized carbons (Fsp3) is 0.273. The minimum absolute atomic E-state index is 0.0351. The van der Waals surface area contributed by atoms with Crippen molar-refractivity contribution in [2.24, 2.45) is 0 Å². The maximum Gasteiger partial charge on any atom is 0.422 e. The van der Waals surface area contributed by atoms with Crippen LogP contribution >= 0.6 is 0 Å². The first-order chi connectivity index (χ1) is 14.7. The van der Waals surface area contributed by atoms with Crippen LogP contribution in [0, 0.1) is 13.8 Å². The van der Waals surface area contributed by atoms with E-state index in [1.165, 1.54) is 24.3 Å². The van der Waals surface area contributed by atoms with Gasteiger partial charge in [-0.05, 0) is 49.7 Å². The third-order valence-electron chi connectivity index (χ3n) is 4.59. The summed E-state index contributed by atoms with van der Waals surface area (Å²) in [5.41, 5.74) is 3.09. The predicted molar refractivity (Wildman–Crippen MR) is 110 cm³/mol. The molecule has 0 saturated carbocycles. The van der Waals surface area contributed by atoms with Crippen LogP contribution < -0.4 is 14.8 Å². The van der Waals surface area contributed by atoms with E-state index < -0.39 is 18.7 Å². The molecule has 1 amide bonds. The van der Waals surface area contributed by atoms with Crippen molar-refractivity contribution in [1.82, 2.24) is 9.78 Å². The van der Waals surface area contributed by atoms with Gasteiger partial charge in [0.2, 0.25) is 0 Å². The molecule has 1 N–H and O–H groups in total. The van der Waals surface area contributed by atoms with Gasteiger partial charge in [0, 0.05) is 5.56 Å². The van der Waals surface area contributed by atoms with Crippen LogP contribution in [0.25, 0.3) is 0 Å². The summed E-state index contributed by atoms with van der Waals surface area (Å²) in [7, 11) is 1.60. The van der Waals surface area contributed by atoms with E-state index in [1.807, 2.05) is 31.2 Å². The Morgan fingerprint density at radius 1 is 1.10 bits per heavy atom. The van der Waals surface area contributed by atoms with E-state index in [0.717, 1.165) is 17.0 Å². The Balaban J connectivity index is 1.75. The number of benzene rings is 2. The van der Waals surface area contributed by atoms with E-state index in [2.05, 4.69) is 10.4 Å². The van der Waals surface area contributed by atoms with Gasteiger partial charge in [-0.1, -0.05) is 18.2 Å². The average molecular weight is 433 g/mol. The maximum atomic E-state index is 12.7. The topological polar surface area (TPSA) is 65.4 Å². The third kappa shape index (κ3) is 5.78. The third-order valence-corrected chi connectivity index (χ3v) is 4.59. The van der Waals surface area contributed by atoms with Crippen LogP contribution in [-0.4, -0.2) is 35.6 Å². The molecule has 0 aliphatic rings.